The highest BCUT2D eigenvalue weighted by molar-refractivity contribution is 5.26. The van der Waals surface area contributed by atoms with Gasteiger partial charge in [-0.3, -0.25) is 11.3 Å². The Balaban J connectivity index is 1.57. The Kier molecular flexibility index (Phi) is 3.64. The molecular formula is C15H22N2O. The van der Waals surface area contributed by atoms with Crippen LogP contribution in [-0.4, -0.2) is 18.8 Å². The number of benzene rings is 1. The molecule has 3 N–H and O–H groups in total. The summed E-state index contributed by atoms with van der Waals surface area (Å²) in [6, 6.07) is 11.2. The van der Waals surface area contributed by atoms with Gasteiger partial charge in [0, 0.05) is 12.6 Å². The fourth-order valence-corrected chi connectivity index (χ4v) is 3.22. The quantitative estimate of drug-likeness (QED) is 0.618. The SMILES string of the molecule is NNC(CC1CCCO1)C1CC1c1ccccc1. The van der Waals surface area contributed by atoms with E-state index in [1.807, 2.05) is 0 Å². The second kappa shape index (κ2) is 5.39. The molecule has 1 heterocycles. The van der Waals surface area contributed by atoms with Crippen LogP contribution in [0.4, 0.5) is 0 Å². The molecule has 1 aromatic rings. The fourth-order valence-electron chi connectivity index (χ4n) is 3.22. The molecule has 3 nitrogen and oxygen atoms in total. The number of ether oxygens (including phenoxy) is 1. The maximum absolute atomic E-state index is 5.73. The van der Waals surface area contributed by atoms with Crippen molar-refractivity contribution in [2.75, 3.05) is 6.61 Å². The second-order valence-corrected chi connectivity index (χ2v) is 5.56. The molecule has 1 aromatic carbocycles. The molecule has 0 spiro atoms. The molecular weight excluding hydrogens is 224 g/mol. The number of nitrogens with one attached hydrogen (secondary N) is 1. The fraction of sp³-hybridized carbons (Fsp3) is 0.600. The van der Waals surface area contributed by atoms with Crippen LogP contribution in [-0.2, 0) is 4.74 Å². The van der Waals surface area contributed by atoms with E-state index >= 15 is 0 Å². The van der Waals surface area contributed by atoms with E-state index in [0.29, 0.717) is 24.0 Å². The van der Waals surface area contributed by atoms with Gasteiger partial charge in [-0.2, -0.15) is 0 Å². The standard InChI is InChI=1S/C15H22N2O/c16-17-15(9-12-7-4-8-18-12)14-10-13(14)11-5-2-1-3-6-11/h1-3,5-6,12-15,17H,4,7-10,16H2. The molecule has 1 saturated heterocycles. The number of rotatable bonds is 5. The molecule has 4 unspecified atom stereocenters. The lowest BCUT2D eigenvalue weighted by atomic mass is 10.00. The molecule has 0 aromatic heterocycles. The number of hydrazine groups is 1. The van der Waals surface area contributed by atoms with E-state index < -0.39 is 0 Å². The van der Waals surface area contributed by atoms with Gasteiger partial charge in [-0.15, -0.1) is 0 Å². The summed E-state index contributed by atoms with van der Waals surface area (Å²) in [6.45, 7) is 0.925. The summed E-state index contributed by atoms with van der Waals surface area (Å²) < 4.78 is 5.71. The minimum Gasteiger partial charge on any atom is -0.378 e. The zero-order valence-electron chi connectivity index (χ0n) is 10.7. The Labute approximate surface area is 109 Å². The predicted octanol–water partition coefficient (Wildman–Crippen LogP) is 2.19. The normalized spacial score (nSPS) is 32.4. The first-order chi connectivity index (χ1) is 8.88. The first-order valence-electron chi connectivity index (χ1n) is 7.01. The van der Waals surface area contributed by atoms with Crippen LogP contribution in [0.25, 0.3) is 0 Å². The summed E-state index contributed by atoms with van der Waals surface area (Å²) >= 11 is 0. The highest BCUT2D eigenvalue weighted by Crippen LogP contribution is 2.50. The molecule has 18 heavy (non-hydrogen) atoms. The highest BCUT2D eigenvalue weighted by Gasteiger charge is 2.44. The van der Waals surface area contributed by atoms with E-state index in [9.17, 15) is 0 Å². The van der Waals surface area contributed by atoms with E-state index in [1.54, 1.807) is 0 Å². The Hall–Kier alpha value is -0.900. The van der Waals surface area contributed by atoms with Crippen LogP contribution in [0.1, 0.15) is 37.2 Å². The van der Waals surface area contributed by atoms with Crippen LogP contribution in [0.3, 0.4) is 0 Å². The Morgan fingerprint density at radius 1 is 1.33 bits per heavy atom. The van der Waals surface area contributed by atoms with Gasteiger partial charge in [-0.05, 0) is 43.1 Å². The number of hydrogen-bond acceptors (Lipinski definition) is 3. The van der Waals surface area contributed by atoms with Crippen molar-refractivity contribution in [3.8, 4) is 0 Å². The number of hydrogen-bond donors (Lipinski definition) is 2. The zero-order chi connectivity index (χ0) is 12.4. The second-order valence-electron chi connectivity index (χ2n) is 5.56. The molecule has 3 rings (SSSR count). The van der Waals surface area contributed by atoms with Crippen LogP contribution in [0.2, 0.25) is 0 Å². The van der Waals surface area contributed by atoms with Gasteiger partial charge in [0.2, 0.25) is 0 Å². The lowest BCUT2D eigenvalue weighted by molar-refractivity contribution is 0.0919. The van der Waals surface area contributed by atoms with E-state index in [2.05, 4.69) is 35.8 Å². The molecule has 98 valence electrons. The van der Waals surface area contributed by atoms with Gasteiger partial charge in [-0.25, -0.2) is 0 Å². The van der Waals surface area contributed by atoms with Gasteiger partial charge < -0.3 is 4.74 Å². The largest absolute Gasteiger partial charge is 0.378 e. The van der Waals surface area contributed by atoms with Crippen molar-refractivity contribution in [1.82, 2.24) is 5.43 Å². The van der Waals surface area contributed by atoms with E-state index in [0.717, 1.165) is 13.0 Å². The topological polar surface area (TPSA) is 47.3 Å². The monoisotopic (exact) mass is 246 g/mol. The van der Waals surface area contributed by atoms with Crippen molar-refractivity contribution in [1.29, 1.82) is 0 Å². The third-order valence-corrected chi connectivity index (χ3v) is 4.34. The molecule has 1 saturated carbocycles. The minimum absolute atomic E-state index is 0.401. The van der Waals surface area contributed by atoms with Crippen LogP contribution in [0.15, 0.2) is 30.3 Å². The maximum Gasteiger partial charge on any atom is 0.0591 e. The summed E-state index contributed by atoms with van der Waals surface area (Å²) in [5, 5.41) is 0. The smallest absolute Gasteiger partial charge is 0.0591 e. The molecule has 0 bridgehead atoms. The van der Waals surface area contributed by atoms with Crippen molar-refractivity contribution in [3.05, 3.63) is 35.9 Å². The lowest BCUT2D eigenvalue weighted by Crippen LogP contribution is -2.39. The van der Waals surface area contributed by atoms with E-state index in [-0.39, 0.29) is 0 Å². The van der Waals surface area contributed by atoms with Crippen molar-refractivity contribution < 1.29 is 4.74 Å². The Morgan fingerprint density at radius 3 is 2.83 bits per heavy atom. The third kappa shape index (κ3) is 2.58. The Morgan fingerprint density at radius 2 is 2.17 bits per heavy atom. The van der Waals surface area contributed by atoms with Crippen LogP contribution in [0, 0.1) is 5.92 Å². The van der Waals surface area contributed by atoms with Gasteiger partial charge in [0.05, 0.1) is 6.10 Å². The van der Waals surface area contributed by atoms with Gasteiger partial charge in [-0.1, -0.05) is 30.3 Å². The summed E-state index contributed by atoms with van der Waals surface area (Å²) in [6.07, 6.45) is 5.13. The van der Waals surface area contributed by atoms with E-state index in [4.69, 9.17) is 10.6 Å². The maximum atomic E-state index is 5.73. The van der Waals surface area contributed by atoms with Gasteiger partial charge in [0.1, 0.15) is 0 Å². The van der Waals surface area contributed by atoms with Gasteiger partial charge in [0.15, 0.2) is 0 Å². The summed E-state index contributed by atoms with van der Waals surface area (Å²) in [7, 11) is 0. The molecule has 2 aliphatic rings. The first kappa shape index (κ1) is 12.2. The molecule has 4 atom stereocenters. The highest BCUT2D eigenvalue weighted by atomic mass is 16.5. The van der Waals surface area contributed by atoms with Crippen LogP contribution in [0.5, 0.6) is 0 Å². The summed E-state index contributed by atoms with van der Waals surface area (Å²) in [4.78, 5) is 0. The summed E-state index contributed by atoms with van der Waals surface area (Å²) in [5.41, 5.74) is 4.46. The third-order valence-electron chi connectivity index (χ3n) is 4.34. The molecule has 0 radical (unpaired) electrons. The number of nitrogens with two attached hydrogens (primary N) is 1. The van der Waals surface area contributed by atoms with Crippen molar-refractivity contribution in [2.24, 2.45) is 11.8 Å². The summed E-state index contributed by atoms with van der Waals surface area (Å²) in [5.74, 6) is 7.10. The first-order valence-corrected chi connectivity index (χ1v) is 7.01. The minimum atomic E-state index is 0.401. The zero-order valence-corrected chi connectivity index (χ0v) is 10.7. The van der Waals surface area contributed by atoms with E-state index in [1.165, 1.54) is 24.8 Å². The molecule has 3 heteroatoms. The average Bonchev–Trinajstić information content (AvgIpc) is 3.05. The predicted molar refractivity (Wildman–Crippen MR) is 72.0 cm³/mol. The van der Waals surface area contributed by atoms with Gasteiger partial charge in [0.25, 0.3) is 0 Å². The average molecular weight is 246 g/mol. The van der Waals surface area contributed by atoms with Crippen molar-refractivity contribution >= 4 is 0 Å². The Bertz CT molecular complexity index is 375. The molecule has 1 aliphatic heterocycles. The van der Waals surface area contributed by atoms with Crippen LogP contribution < -0.4 is 11.3 Å². The lowest BCUT2D eigenvalue weighted by Gasteiger charge is -2.19. The van der Waals surface area contributed by atoms with Gasteiger partial charge >= 0.3 is 0 Å². The molecule has 1 aliphatic carbocycles. The van der Waals surface area contributed by atoms with Crippen LogP contribution >= 0.6 is 0 Å². The molecule has 2 fully saturated rings. The van der Waals surface area contributed by atoms with Crippen molar-refractivity contribution in [2.45, 2.75) is 43.7 Å². The van der Waals surface area contributed by atoms with Crippen molar-refractivity contribution in [3.63, 3.8) is 0 Å². The molecule has 0 amide bonds.